The Balaban J connectivity index is 1.81. The van der Waals surface area contributed by atoms with Crippen LogP contribution in [0.5, 0.6) is 0 Å². The third-order valence-electron chi connectivity index (χ3n) is 2.78. The summed E-state index contributed by atoms with van der Waals surface area (Å²) in [6.07, 6.45) is 5.88. The molecule has 0 aromatic heterocycles. The molecule has 3 nitrogen and oxygen atoms in total. The standard InChI is InChI=1S/C14H17NO2/c16-14(13-9-5-2-6-10-15-13)17-11-12-7-3-1-4-8-12/h1-4,6-8,13,15H,5,9-11H2. The molecule has 1 aliphatic heterocycles. The Hall–Kier alpha value is -1.61. The van der Waals surface area contributed by atoms with Crippen molar-refractivity contribution in [1.29, 1.82) is 0 Å². The highest BCUT2D eigenvalue weighted by Gasteiger charge is 2.19. The Morgan fingerprint density at radius 3 is 2.94 bits per heavy atom. The fourth-order valence-electron chi connectivity index (χ4n) is 1.81. The van der Waals surface area contributed by atoms with Gasteiger partial charge in [0, 0.05) is 6.54 Å². The van der Waals surface area contributed by atoms with E-state index in [4.69, 9.17) is 4.74 Å². The van der Waals surface area contributed by atoms with Crippen LogP contribution in [-0.2, 0) is 16.1 Å². The lowest BCUT2D eigenvalue weighted by atomic mass is 10.1. The first-order valence-corrected chi connectivity index (χ1v) is 5.95. The Morgan fingerprint density at radius 2 is 2.12 bits per heavy atom. The van der Waals surface area contributed by atoms with Crippen LogP contribution in [0.3, 0.4) is 0 Å². The van der Waals surface area contributed by atoms with E-state index < -0.39 is 0 Å². The van der Waals surface area contributed by atoms with Gasteiger partial charge in [-0.05, 0) is 18.4 Å². The van der Waals surface area contributed by atoms with Crippen LogP contribution in [0.1, 0.15) is 18.4 Å². The Bertz CT molecular complexity index is 376. The van der Waals surface area contributed by atoms with E-state index in [0.717, 1.165) is 24.9 Å². The number of hydrogen-bond donors (Lipinski definition) is 1. The van der Waals surface area contributed by atoms with E-state index in [1.165, 1.54) is 0 Å². The molecule has 1 heterocycles. The number of carbonyl (C=O) groups is 1. The molecule has 0 bridgehead atoms. The van der Waals surface area contributed by atoms with Crippen molar-refractivity contribution in [3.05, 3.63) is 48.0 Å². The predicted molar refractivity (Wildman–Crippen MR) is 66.4 cm³/mol. The number of nitrogens with one attached hydrogen (secondary N) is 1. The van der Waals surface area contributed by atoms with Gasteiger partial charge in [-0.1, -0.05) is 42.5 Å². The zero-order valence-corrected chi connectivity index (χ0v) is 9.76. The van der Waals surface area contributed by atoms with Crippen LogP contribution in [0, 0.1) is 0 Å². The van der Waals surface area contributed by atoms with Crippen LogP contribution in [0.2, 0.25) is 0 Å². The molecule has 1 aromatic rings. The van der Waals surface area contributed by atoms with Gasteiger partial charge in [-0.15, -0.1) is 0 Å². The number of esters is 1. The molecule has 1 atom stereocenters. The molecular formula is C14H17NO2. The van der Waals surface area contributed by atoms with Crippen LogP contribution in [0.25, 0.3) is 0 Å². The van der Waals surface area contributed by atoms with E-state index in [-0.39, 0.29) is 12.0 Å². The first kappa shape index (κ1) is 11.9. The zero-order valence-electron chi connectivity index (χ0n) is 9.76. The molecule has 1 N–H and O–H groups in total. The number of carbonyl (C=O) groups excluding carboxylic acids is 1. The summed E-state index contributed by atoms with van der Waals surface area (Å²) in [7, 11) is 0. The van der Waals surface area contributed by atoms with E-state index in [1.807, 2.05) is 36.4 Å². The average molecular weight is 231 g/mol. The molecule has 0 amide bonds. The van der Waals surface area contributed by atoms with Gasteiger partial charge >= 0.3 is 5.97 Å². The number of hydrogen-bond acceptors (Lipinski definition) is 3. The molecule has 17 heavy (non-hydrogen) atoms. The zero-order chi connectivity index (χ0) is 11.9. The summed E-state index contributed by atoms with van der Waals surface area (Å²) in [5, 5.41) is 3.16. The minimum Gasteiger partial charge on any atom is -0.460 e. The number of rotatable bonds is 3. The van der Waals surface area contributed by atoms with Crippen molar-refractivity contribution >= 4 is 5.97 Å². The highest BCUT2D eigenvalue weighted by molar-refractivity contribution is 5.75. The average Bonchev–Trinajstić information content (AvgIpc) is 2.66. The topological polar surface area (TPSA) is 38.3 Å². The maximum Gasteiger partial charge on any atom is 0.323 e. The first-order valence-electron chi connectivity index (χ1n) is 5.95. The third kappa shape index (κ3) is 3.71. The SMILES string of the molecule is O=C(OCc1ccccc1)C1CCC=CCN1. The van der Waals surface area contributed by atoms with E-state index in [1.54, 1.807) is 0 Å². The van der Waals surface area contributed by atoms with Gasteiger partial charge in [-0.2, -0.15) is 0 Å². The van der Waals surface area contributed by atoms with Gasteiger partial charge < -0.3 is 10.1 Å². The molecular weight excluding hydrogens is 214 g/mol. The third-order valence-corrected chi connectivity index (χ3v) is 2.78. The minimum absolute atomic E-state index is 0.155. The van der Waals surface area contributed by atoms with Crippen molar-refractivity contribution in [2.75, 3.05) is 6.54 Å². The fourth-order valence-corrected chi connectivity index (χ4v) is 1.81. The predicted octanol–water partition coefficient (Wildman–Crippen LogP) is 2.04. The number of benzene rings is 1. The van der Waals surface area contributed by atoms with Crippen LogP contribution < -0.4 is 5.32 Å². The highest BCUT2D eigenvalue weighted by Crippen LogP contribution is 2.07. The summed E-state index contributed by atoms with van der Waals surface area (Å²) in [6, 6.07) is 9.57. The van der Waals surface area contributed by atoms with Gasteiger partial charge in [0.2, 0.25) is 0 Å². The van der Waals surface area contributed by atoms with Gasteiger partial charge in [0.25, 0.3) is 0 Å². The normalized spacial score (nSPS) is 19.6. The van der Waals surface area contributed by atoms with Gasteiger partial charge in [-0.3, -0.25) is 4.79 Å². The molecule has 0 fully saturated rings. The van der Waals surface area contributed by atoms with Gasteiger partial charge in [0.05, 0.1) is 0 Å². The van der Waals surface area contributed by atoms with Crippen molar-refractivity contribution in [3.63, 3.8) is 0 Å². The molecule has 0 saturated carbocycles. The molecule has 1 aromatic carbocycles. The molecule has 3 heteroatoms. The summed E-state index contributed by atoms with van der Waals surface area (Å²) < 4.78 is 5.29. The number of ether oxygens (including phenoxy) is 1. The van der Waals surface area contributed by atoms with Crippen molar-refractivity contribution in [3.8, 4) is 0 Å². The largest absolute Gasteiger partial charge is 0.460 e. The number of allylic oxidation sites excluding steroid dienone is 1. The smallest absolute Gasteiger partial charge is 0.323 e. The van der Waals surface area contributed by atoms with Gasteiger partial charge in [0.15, 0.2) is 0 Å². The van der Waals surface area contributed by atoms with Gasteiger partial charge in [-0.25, -0.2) is 0 Å². The molecule has 0 radical (unpaired) electrons. The van der Waals surface area contributed by atoms with E-state index in [0.29, 0.717) is 6.61 Å². The summed E-state index contributed by atoms with van der Waals surface area (Å²) in [6.45, 7) is 1.09. The van der Waals surface area contributed by atoms with E-state index in [2.05, 4.69) is 11.4 Å². The molecule has 0 aliphatic carbocycles. The van der Waals surface area contributed by atoms with Crippen LogP contribution >= 0.6 is 0 Å². The van der Waals surface area contributed by atoms with E-state index in [9.17, 15) is 4.79 Å². The molecule has 1 unspecified atom stereocenters. The minimum atomic E-state index is -0.172. The Labute approximate surface area is 101 Å². The lowest BCUT2D eigenvalue weighted by Gasteiger charge is -2.14. The van der Waals surface area contributed by atoms with Crippen LogP contribution in [-0.4, -0.2) is 18.6 Å². The van der Waals surface area contributed by atoms with Gasteiger partial charge in [0.1, 0.15) is 12.6 Å². The second-order valence-electron chi connectivity index (χ2n) is 4.10. The molecule has 90 valence electrons. The van der Waals surface area contributed by atoms with Crippen molar-refractivity contribution in [1.82, 2.24) is 5.32 Å². The molecule has 0 saturated heterocycles. The van der Waals surface area contributed by atoms with Crippen molar-refractivity contribution in [2.24, 2.45) is 0 Å². The Kier molecular flexibility index (Phi) is 4.33. The highest BCUT2D eigenvalue weighted by atomic mass is 16.5. The quantitative estimate of drug-likeness (QED) is 0.639. The van der Waals surface area contributed by atoms with Crippen LogP contribution in [0.4, 0.5) is 0 Å². The lowest BCUT2D eigenvalue weighted by Crippen LogP contribution is -2.37. The van der Waals surface area contributed by atoms with Crippen LogP contribution in [0.15, 0.2) is 42.5 Å². The summed E-state index contributed by atoms with van der Waals surface area (Å²) in [5.74, 6) is -0.155. The maximum atomic E-state index is 11.8. The second-order valence-corrected chi connectivity index (χ2v) is 4.10. The molecule has 2 rings (SSSR count). The maximum absolute atomic E-state index is 11.8. The second kappa shape index (κ2) is 6.21. The Morgan fingerprint density at radius 1 is 1.29 bits per heavy atom. The molecule has 0 spiro atoms. The fraction of sp³-hybridized carbons (Fsp3) is 0.357. The van der Waals surface area contributed by atoms with Crippen molar-refractivity contribution < 1.29 is 9.53 Å². The van der Waals surface area contributed by atoms with Crippen molar-refractivity contribution in [2.45, 2.75) is 25.5 Å². The molecule has 1 aliphatic rings. The first-order chi connectivity index (χ1) is 8.36. The summed E-state index contributed by atoms with van der Waals surface area (Å²) >= 11 is 0. The monoisotopic (exact) mass is 231 g/mol. The van der Waals surface area contributed by atoms with E-state index >= 15 is 0 Å². The lowest BCUT2D eigenvalue weighted by molar-refractivity contribution is -0.147. The summed E-state index contributed by atoms with van der Waals surface area (Å²) in [5.41, 5.74) is 1.02. The summed E-state index contributed by atoms with van der Waals surface area (Å²) in [4.78, 5) is 11.8.